The number of hydrogen-bond acceptors (Lipinski definition) is 2. The summed E-state index contributed by atoms with van der Waals surface area (Å²) < 4.78 is 41.2. The second-order valence-electron chi connectivity index (χ2n) is 3.64. The van der Waals surface area contributed by atoms with Gasteiger partial charge in [-0.05, 0) is 24.7 Å². The van der Waals surface area contributed by atoms with E-state index >= 15 is 0 Å². The molecule has 0 spiro atoms. The van der Waals surface area contributed by atoms with Crippen molar-refractivity contribution in [1.29, 1.82) is 0 Å². The average molecular weight is 233 g/mol. The zero-order chi connectivity index (χ0) is 12.2. The molecule has 0 atom stereocenters. The third kappa shape index (κ3) is 4.53. The Bertz CT molecular complexity index is 321. The first-order chi connectivity index (χ1) is 7.40. The maximum atomic E-state index is 12.1. The maximum Gasteiger partial charge on any atom is 0.401 e. The van der Waals surface area contributed by atoms with Crippen molar-refractivity contribution in [3.63, 3.8) is 0 Å². The van der Waals surface area contributed by atoms with Crippen molar-refractivity contribution < 1.29 is 17.9 Å². The van der Waals surface area contributed by atoms with E-state index in [-0.39, 0.29) is 6.54 Å². The van der Waals surface area contributed by atoms with Crippen molar-refractivity contribution in [3.8, 4) is 5.75 Å². The summed E-state index contributed by atoms with van der Waals surface area (Å²) in [7, 11) is 2.99. The molecule has 0 saturated heterocycles. The van der Waals surface area contributed by atoms with E-state index in [2.05, 4.69) is 0 Å². The number of nitrogens with zero attached hydrogens (tertiary/aromatic N) is 1. The number of alkyl halides is 3. The average Bonchev–Trinajstić information content (AvgIpc) is 2.16. The Morgan fingerprint density at radius 2 is 1.75 bits per heavy atom. The van der Waals surface area contributed by atoms with E-state index in [1.54, 1.807) is 31.4 Å². The first kappa shape index (κ1) is 12.8. The van der Waals surface area contributed by atoms with Crippen LogP contribution < -0.4 is 4.74 Å². The van der Waals surface area contributed by atoms with Crippen LogP contribution in [-0.2, 0) is 6.54 Å². The van der Waals surface area contributed by atoms with Crippen LogP contribution in [0.1, 0.15) is 5.56 Å². The van der Waals surface area contributed by atoms with Gasteiger partial charge in [-0.3, -0.25) is 4.90 Å². The summed E-state index contributed by atoms with van der Waals surface area (Å²) in [6.07, 6.45) is -4.15. The fraction of sp³-hybridized carbons (Fsp3) is 0.455. The van der Waals surface area contributed by atoms with Crippen LogP contribution in [0, 0.1) is 0 Å². The largest absolute Gasteiger partial charge is 0.497 e. The normalized spacial score (nSPS) is 11.9. The Morgan fingerprint density at radius 3 is 2.19 bits per heavy atom. The van der Waals surface area contributed by atoms with Crippen molar-refractivity contribution in [2.75, 3.05) is 20.7 Å². The molecular weight excluding hydrogens is 219 g/mol. The van der Waals surface area contributed by atoms with Gasteiger partial charge >= 0.3 is 6.18 Å². The van der Waals surface area contributed by atoms with Crippen LogP contribution in [0.4, 0.5) is 13.2 Å². The highest BCUT2D eigenvalue weighted by atomic mass is 19.4. The lowest BCUT2D eigenvalue weighted by atomic mass is 10.2. The molecule has 0 fully saturated rings. The van der Waals surface area contributed by atoms with Crippen molar-refractivity contribution in [1.82, 2.24) is 4.90 Å². The van der Waals surface area contributed by atoms with E-state index in [1.165, 1.54) is 11.9 Å². The lowest BCUT2D eigenvalue weighted by molar-refractivity contribution is -0.144. The van der Waals surface area contributed by atoms with Gasteiger partial charge in [-0.25, -0.2) is 0 Å². The Kier molecular flexibility index (Phi) is 4.18. The van der Waals surface area contributed by atoms with E-state index in [1.807, 2.05) is 0 Å². The number of ether oxygens (including phenoxy) is 1. The van der Waals surface area contributed by atoms with Gasteiger partial charge in [0.05, 0.1) is 13.7 Å². The maximum absolute atomic E-state index is 12.1. The molecule has 5 heteroatoms. The SMILES string of the molecule is COc1ccc(CN(C)CC(F)(F)F)cc1. The lowest BCUT2D eigenvalue weighted by Gasteiger charge is -2.18. The van der Waals surface area contributed by atoms with Gasteiger partial charge in [0.2, 0.25) is 0 Å². The standard InChI is InChI=1S/C11H14F3NO/c1-15(8-11(12,13)14)7-9-3-5-10(16-2)6-4-9/h3-6H,7-8H2,1-2H3. The summed E-state index contributed by atoms with van der Waals surface area (Å²) in [5.74, 6) is 0.697. The minimum atomic E-state index is -4.15. The molecule has 0 aliphatic heterocycles. The highest BCUT2D eigenvalue weighted by Gasteiger charge is 2.28. The first-order valence-electron chi connectivity index (χ1n) is 4.79. The third-order valence-electron chi connectivity index (χ3n) is 2.06. The summed E-state index contributed by atoms with van der Waals surface area (Å²) in [6.45, 7) is -0.636. The molecule has 90 valence electrons. The molecule has 16 heavy (non-hydrogen) atoms. The van der Waals surface area contributed by atoms with Crippen molar-refractivity contribution >= 4 is 0 Å². The minimum Gasteiger partial charge on any atom is -0.497 e. The molecule has 1 aromatic carbocycles. The van der Waals surface area contributed by atoms with Gasteiger partial charge in [-0.2, -0.15) is 13.2 Å². The number of benzene rings is 1. The molecule has 0 aromatic heterocycles. The molecule has 0 aliphatic rings. The highest BCUT2D eigenvalue weighted by Crippen LogP contribution is 2.18. The smallest absolute Gasteiger partial charge is 0.401 e. The Morgan fingerprint density at radius 1 is 1.19 bits per heavy atom. The monoisotopic (exact) mass is 233 g/mol. The molecule has 0 aliphatic carbocycles. The van der Waals surface area contributed by atoms with Crippen LogP contribution in [0.15, 0.2) is 24.3 Å². The van der Waals surface area contributed by atoms with Gasteiger partial charge in [0.25, 0.3) is 0 Å². The molecule has 1 aromatic rings. The van der Waals surface area contributed by atoms with Gasteiger partial charge < -0.3 is 4.74 Å². The second-order valence-corrected chi connectivity index (χ2v) is 3.64. The van der Waals surface area contributed by atoms with E-state index in [9.17, 15) is 13.2 Å². The van der Waals surface area contributed by atoms with Crippen LogP contribution in [0.25, 0.3) is 0 Å². The van der Waals surface area contributed by atoms with Crippen LogP contribution >= 0.6 is 0 Å². The quantitative estimate of drug-likeness (QED) is 0.792. The van der Waals surface area contributed by atoms with Gasteiger partial charge in [0, 0.05) is 6.54 Å². The third-order valence-corrected chi connectivity index (χ3v) is 2.06. The van der Waals surface area contributed by atoms with Crippen LogP contribution in [-0.4, -0.2) is 31.8 Å². The van der Waals surface area contributed by atoms with Crippen LogP contribution in [0.5, 0.6) is 5.75 Å². The molecule has 0 amide bonds. The highest BCUT2D eigenvalue weighted by molar-refractivity contribution is 5.27. The fourth-order valence-electron chi connectivity index (χ4n) is 1.40. The molecule has 0 saturated carbocycles. The van der Waals surface area contributed by atoms with Crippen molar-refractivity contribution in [3.05, 3.63) is 29.8 Å². The molecule has 1 rings (SSSR count). The van der Waals surface area contributed by atoms with E-state index in [0.29, 0.717) is 5.75 Å². The number of methoxy groups -OCH3 is 1. The fourth-order valence-corrected chi connectivity index (χ4v) is 1.40. The molecular formula is C11H14F3NO. The van der Waals surface area contributed by atoms with Crippen LogP contribution in [0.3, 0.4) is 0 Å². The topological polar surface area (TPSA) is 12.5 Å². The summed E-state index contributed by atoms with van der Waals surface area (Å²) in [5.41, 5.74) is 0.826. The van der Waals surface area contributed by atoms with Crippen LogP contribution in [0.2, 0.25) is 0 Å². The molecule has 0 unspecified atom stereocenters. The zero-order valence-corrected chi connectivity index (χ0v) is 9.21. The Balaban J connectivity index is 2.53. The van der Waals surface area contributed by atoms with Gasteiger partial charge in [0.15, 0.2) is 0 Å². The Hall–Kier alpha value is -1.23. The number of hydrogen-bond donors (Lipinski definition) is 0. The van der Waals surface area contributed by atoms with Crippen molar-refractivity contribution in [2.24, 2.45) is 0 Å². The number of halogens is 3. The zero-order valence-electron chi connectivity index (χ0n) is 9.21. The predicted molar refractivity (Wildman–Crippen MR) is 55.4 cm³/mol. The van der Waals surface area contributed by atoms with Gasteiger partial charge in [-0.1, -0.05) is 12.1 Å². The van der Waals surface area contributed by atoms with E-state index < -0.39 is 12.7 Å². The number of rotatable bonds is 4. The Labute approximate surface area is 92.6 Å². The first-order valence-corrected chi connectivity index (χ1v) is 4.79. The molecule has 0 bridgehead atoms. The van der Waals surface area contributed by atoms with Gasteiger partial charge in [-0.15, -0.1) is 0 Å². The summed E-state index contributed by atoms with van der Waals surface area (Å²) in [6, 6.07) is 6.98. The van der Waals surface area contributed by atoms with Gasteiger partial charge in [0.1, 0.15) is 5.75 Å². The second kappa shape index (κ2) is 5.21. The van der Waals surface area contributed by atoms with E-state index in [0.717, 1.165) is 5.56 Å². The molecule has 0 N–H and O–H groups in total. The van der Waals surface area contributed by atoms with Crippen molar-refractivity contribution in [2.45, 2.75) is 12.7 Å². The summed E-state index contributed by atoms with van der Waals surface area (Å²) in [4.78, 5) is 1.22. The lowest BCUT2D eigenvalue weighted by Crippen LogP contribution is -2.30. The summed E-state index contributed by atoms with van der Waals surface area (Å²) >= 11 is 0. The minimum absolute atomic E-state index is 0.267. The van der Waals surface area contributed by atoms with E-state index in [4.69, 9.17) is 4.74 Å². The molecule has 2 nitrogen and oxygen atoms in total. The molecule has 0 heterocycles. The predicted octanol–water partition coefficient (Wildman–Crippen LogP) is 2.69. The molecule has 0 radical (unpaired) electrons. The summed E-state index contributed by atoms with van der Waals surface area (Å²) in [5, 5.41) is 0.